The number of likely N-dealkylation sites (N-methyl/N-ethyl adjacent to an activating group) is 1. The van der Waals surface area contributed by atoms with Gasteiger partial charge < -0.3 is 10.1 Å². The average molecular weight is 254 g/mol. The molecule has 94 valence electrons. The summed E-state index contributed by atoms with van der Waals surface area (Å²) in [6, 6.07) is 6.48. The van der Waals surface area contributed by atoms with E-state index in [0.717, 1.165) is 23.4 Å². The van der Waals surface area contributed by atoms with Gasteiger partial charge in [-0.25, -0.2) is 0 Å². The second-order valence-corrected chi connectivity index (χ2v) is 5.24. The third kappa shape index (κ3) is 2.82. The maximum absolute atomic E-state index is 6.18. The van der Waals surface area contributed by atoms with Crippen LogP contribution in [0, 0.1) is 6.92 Å². The van der Waals surface area contributed by atoms with Crippen molar-refractivity contribution in [2.45, 2.75) is 44.9 Å². The number of nitrogens with one attached hydrogen (secondary N) is 1. The molecule has 3 unspecified atom stereocenters. The van der Waals surface area contributed by atoms with Gasteiger partial charge in [-0.1, -0.05) is 23.7 Å². The molecule has 0 saturated carbocycles. The van der Waals surface area contributed by atoms with Crippen molar-refractivity contribution in [3.8, 4) is 0 Å². The number of hydrogen-bond donors (Lipinski definition) is 1. The van der Waals surface area contributed by atoms with E-state index >= 15 is 0 Å². The highest BCUT2D eigenvalue weighted by atomic mass is 35.5. The number of hydrogen-bond acceptors (Lipinski definition) is 2. The summed E-state index contributed by atoms with van der Waals surface area (Å²) < 4.78 is 5.93. The van der Waals surface area contributed by atoms with Crippen LogP contribution in [0.1, 0.15) is 36.9 Å². The van der Waals surface area contributed by atoms with Crippen molar-refractivity contribution in [2.24, 2.45) is 0 Å². The summed E-state index contributed by atoms with van der Waals surface area (Å²) >= 11 is 6.18. The summed E-state index contributed by atoms with van der Waals surface area (Å²) in [5, 5.41) is 4.17. The first-order valence-electron chi connectivity index (χ1n) is 6.20. The normalized spacial score (nSPS) is 26.1. The van der Waals surface area contributed by atoms with E-state index in [-0.39, 0.29) is 12.1 Å². The minimum atomic E-state index is 0.234. The molecule has 1 N–H and O–H groups in total. The summed E-state index contributed by atoms with van der Waals surface area (Å²) in [5.41, 5.74) is 2.33. The summed E-state index contributed by atoms with van der Waals surface area (Å²) in [6.07, 6.45) is 2.88. The fraction of sp³-hybridized carbons (Fsp3) is 0.571. The van der Waals surface area contributed by atoms with Crippen molar-refractivity contribution in [3.05, 3.63) is 34.3 Å². The molecule has 0 spiro atoms. The Morgan fingerprint density at radius 3 is 2.71 bits per heavy atom. The first-order chi connectivity index (χ1) is 8.11. The van der Waals surface area contributed by atoms with Gasteiger partial charge in [0, 0.05) is 5.02 Å². The van der Waals surface area contributed by atoms with Gasteiger partial charge in [-0.15, -0.1) is 0 Å². The molecule has 0 aliphatic carbocycles. The molecule has 1 aliphatic heterocycles. The fourth-order valence-corrected chi connectivity index (χ4v) is 2.64. The van der Waals surface area contributed by atoms with Crippen LogP contribution in [0.15, 0.2) is 18.2 Å². The topological polar surface area (TPSA) is 21.3 Å². The van der Waals surface area contributed by atoms with Gasteiger partial charge in [0.05, 0.1) is 18.2 Å². The lowest BCUT2D eigenvalue weighted by atomic mass is 9.98. The third-order valence-electron chi connectivity index (χ3n) is 3.50. The molecule has 2 rings (SSSR count). The molecule has 0 aromatic heterocycles. The SMILES string of the molecule is CNC(c1ccc(C)c(Cl)c1)C1CCC(C)O1. The third-order valence-corrected chi connectivity index (χ3v) is 3.91. The molecule has 0 bridgehead atoms. The zero-order chi connectivity index (χ0) is 12.4. The van der Waals surface area contributed by atoms with Crippen molar-refractivity contribution in [2.75, 3.05) is 7.05 Å². The van der Waals surface area contributed by atoms with E-state index < -0.39 is 0 Å². The predicted molar refractivity (Wildman–Crippen MR) is 71.6 cm³/mol. The summed E-state index contributed by atoms with van der Waals surface area (Å²) in [5.74, 6) is 0. The van der Waals surface area contributed by atoms with Gasteiger partial charge in [0.15, 0.2) is 0 Å². The Bertz CT molecular complexity index is 394. The van der Waals surface area contributed by atoms with Crippen LogP contribution < -0.4 is 5.32 Å². The molecule has 1 heterocycles. The van der Waals surface area contributed by atoms with Gasteiger partial charge >= 0.3 is 0 Å². The molecule has 1 saturated heterocycles. The molecule has 1 aromatic carbocycles. The lowest BCUT2D eigenvalue weighted by Gasteiger charge is -2.24. The van der Waals surface area contributed by atoms with Crippen molar-refractivity contribution < 1.29 is 4.74 Å². The summed E-state index contributed by atoms with van der Waals surface area (Å²) in [7, 11) is 1.98. The van der Waals surface area contributed by atoms with Gasteiger partial charge in [0.25, 0.3) is 0 Å². The molecule has 0 amide bonds. The van der Waals surface area contributed by atoms with Crippen LogP contribution in [0.2, 0.25) is 5.02 Å². The summed E-state index contributed by atoms with van der Waals surface area (Å²) in [6.45, 7) is 4.16. The predicted octanol–water partition coefficient (Wildman–Crippen LogP) is 3.48. The Morgan fingerprint density at radius 1 is 1.41 bits per heavy atom. The Hall–Kier alpha value is -0.570. The highest BCUT2D eigenvalue weighted by Gasteiger charge is 2.29. The Balaban J connectivity index is 2.20. The second kappa shape index (κ2) is 5.38. The Kier molecular flexibility index (Phi) is 4.08. The molecule has 2 nitrogen and oxygen atoms in total. The molecule has 17 heavy (non-hydrogen) atoms. The smallest absolute Gasteiger partial charge is 0.0774 e. The van der Waals surface area contributed by atoms with E-state index in [4.69, 9.17) is 16.3 Å². The van der Waals surface area contributed by atoms with Gasteiger partial charge in [-0.3, -0.25) is 0 Å². The van der Waals surface area contributed by atoms with Crippen molar-refractivity contribution in [3.63, 3.8) is 0 Å². The van der Waals surface area contributed by atoms with Crippen LogP contribution in [0.5, 0.6) is 0 Å². The highest BCUT2D eigenvalue weighted by Crippen LogP contribution is 2.31. The average Bonchev–Trinajstić information content (AvgIpc) is 2.71. The number of ether oxygens (including phenoxy) is 1. The van der Waals surface area contributed by atoms with Crippen LogP contribution in [-0.4, -0.2) is 19.3 Å². The van der Waals surface area contributed by atoms with E-state index in [2.05, 4.69) is 24.4 Å². The van der Waals surface area contributed by atoms with E-state index in [1.54, 1.807) is 0 Å². The van der Waals surface area contributed by atoms with E-state index in [1.807, 2.05) is 20.0 Å². The molecule has 1 aromatic rings. The standard InChI is InChI=1S/C14H20ClNO/c1-9-4-6-11(8-12(9)15)14(16-3)13-7-5-10(2)17-13/h4,6,8,10,13-14,16H,5,7H2,1-3H3. The zero-order valence-electron chi connectivity index (χ0n) is 10.7. The molecule has 3 atom stereocenters. The maximum Gasteiger partial charge on any atom is 0.0774 e. The first kappa shape index (κ1) is 12.9. The fourth-order valence-electron chi connectivity index (χ4n) is 2.45. The van der Waals surface area contributed by atoms with E-state index in [0.29, 0.717) is 6.10 Å². The molecule has 1 fully saturated rings. The zero-order valence-corrected chi connectivity index (χ0v) is 11.4. The van der Waals surface area contributed by atoms with Gasteiger partial charge in [-0.2, -0.15) is 0 Å². The number of rotatable bonds is 3. The van der Waals surface area contributed by atoms with Crippen molar-refractivity contribution >= 4 is 11.6 Å². The minimum Gasteiger partial charge on any atom is -0.373 e. The Morgan fingerprint density at radius 2 is 2.18 bits per heavy atom. The van der Waals surface area contributed by atoms with Crippen LogP contribution >= 0.6 is 11.6 Å². The van der Waals surface area contributed by atoms with Crippen molar-refractivity contribution in [1.82, 2.24) is 5.32 Å². The molecular weight excluding hydrogens is 234 g/mol. The lowest BCUT2D eigenvalue weighted by Crippen LogP contribution is -2.29. The lowest BCUT2D eigenvalue weighted by molar-refractivity contribution is 0.0333. The number of halogens is 1. The molecular formula is C14H20ClNO. The largest absolute Gasteiger partial charge is 0.373 e. The highest BCUT2D eigenvalue weighted by molar-refractivity contribution is 6.31. The monoisotopic (exact) mass is 253 g/mol. The van der Waals surface area contributed by atoms with E-state index in [1.165, 1.54) is 5.56 Å². The minimum absolute atomic E-state index is 0.234. The number of benzene rings is 1. The first-order valence-corrected chi connectivity index (χ1v) is 6.58. The quantitative estimate of drug-likeness (QED) is 0.891. The van der Waals surface area contributed by atoms with Crippen LogP contribution in [0.4, 0.5) is 0 Å². The molecule has 3 heteroatoms. The summed E-state index contributed by atoms with van der Waals surface area (Å²) in [4.78, 5) is 0. The Labute approximate surface area is 108 Å². The van der Waals surface area contributed by atoms with Crippen LogP contribution in [0.3, 0.4) is 0 Å². The van der Waals surface area contributed by atoms with E-state index in [9.17, 15) is 0 Å². The second-order valence-electron chi connectivity index (χ2n) is 4.84. The van der Waals surface area contributed by atoms with Gasteiger partial charge in [0.2, 0.25) is 0 Å². The van der Waals surface area contributed by atoms with Gasteiger partial charge in [-0.05, 0) is 50.9 Å². The molecule has 1 aliphatic rings. The number of aryl methyl sites for hydroxylation is 1. The van der Waals surface area contributed by atoms with Crippen molar-refractivity contribution in [1.29, 1.82) is 0 Å². The molecule has 0 radical (unpaired) electrons. The maximum atomic E-state index is 6.18. The van der Waals surface area contributed by atoms with Crippen LogP contribution in [0.25, 0.3) is 0 Å². The van der Waals surface area contributed by atoms with Gasteiger partial charge in [0.1, 0.15) is 0 Å². The van der Waals surface area contributed by atoms with Crippen LogP contribution in [-0.2, 0) is 4.74 Å².